The summed E-state index contributed by atoms with van der Waals surface area (Å²) in [7, 11) is 0. The number of unbranched alkanes of at least 4 members (excludes halogenated alkanes) is 5. The Morgan fingerprint density at radius 3 is 2.25 bits per heavy atom. The summed E-state index contributed by atoms with van der Waals surface area (Å²) in [4.78, 5) is 0. The van der Waals surface area contributed by atoms with Crippen LogP contribution in [0.1, 0.15) is 71.6 Å². The first kappa shape index (κ1) is 16.0. The van der Waals surface area contributed by atoms with Crippen LogP contribution in [-0.2, 0) is 0 Å². The topological polar surface area (TPSA) is 0 Å². The van der Waals surface area contributed by atoms with E-state index in [1.165, 1.54) is 55.0 Å². The molecule has 0 amide bonds. The van der Waals surface area contributed by atoms with E-state index in [4.69, 9.17) is 0 Å². The smallest absolute Gasteiger partial charge is 0.00888 e. The third kappa shape index (κ3) is 10.5. The van der Waals surface area contributed by atoms with Gasteiger partial charge in [0.25, 0.3) is 0 Å². The summed E-state index contributed by atoms with van der Waals surface area (Å²) in [6, 6.07) is 0. The van der Waals surface area contributed by atoms with Gasteiger partial charge in [-0.25, -0.2) is 0 Å². The lowest BCUT2D eigenvalue weighted by Crippen LogP contribution is -1.85. The molecular formula is C15H27Br. The van der Waals surface area contributed by atoms with Crippen molar-refractivity contribution in [3.63, 3.8) is 0 Å². The van der Waals surface area contributed by atoms with Gasteiger partial charge in [-0.15, -0.1) is 0 Å². The number of hydrogen-bond acceptors (Lipinski definition) is 0. The average molecular weight is 287 g/mol. The zero-order valence-electron chi connectivity index (χ0n) is 11.0. The molecule has 16 heavy (non-hydrogen) atoms. The van der Waals surface area contributed by atoms with Crippen LogP contribution in [0.15, 0.2) is 22.7 Å². The van der Waals surface area contributed by atoms with E-state index in [-0.39, 0.29) is 0 Å². The highest BCUT2D eigenvalue weighted by Gasteiger charge is 1.97. The normalized spacial score (nSPS) is 11.8. The van der Waals surface area contributed by atoms with E-state index in [0.29, 0.717) is 0 Å². The van der Waals surface area contributed by atoms with Gasteiger partial charge in [0.05, 0.1) is 0 Å². The monoisotopic (exact) mass is 286 g/mol. The van der Waals surface area contributed by atoms with E-state index >= 15 is 0 Å². The van der Waals surface area contributed by atoms with Crippen molar-refractivity contribution in [1.82, 2.24) is 0 Å². The predicted molar refractivity (Wildman–Crippen MR) is 79.1 cm³/mol. The minimum absolute atomic E-state index is 1.12. The van der Waals surface area contributed by atoms with Crippen LogP contribution in [0.4, 0.5) is 0 Å². The third-order valence-electron chi connectivity index (χ3n) is 2.91. The van der Waals surface area contributed by atoms with E-state index in [0.717, 1.165) is 12.8 Å². The van der Waals surface area contributed by atoms with Crippen LogP contribution in [0, 0.1) is 0 Å². The molecule has 0 saturated carbocycles. The van der Waals surface area contributed by atoms with Gasteiger partial charge >= 0.3 is 0 Å². The fourth-order valence-corrected chi connectivity index (χ4v) is 1.92. The minimum Gasteiger partial charge on any atom is -0.0998 e. The maximum absolute atomic E-state index is 4.15. The van der Waals surface area contributed by atoms with Crippen LogP contribution < -0.4 is 0 Å². The Labute approximate surface area is 110 Å². The molecule has 0 spiro atoms. The molecule has 0 aromatic carbocycles. The standard InChI is InChI=1S/C15H27Br/c1-4-6-7-8-9-10-11-14(3)12-13-15(16)5-2/h5H,3-4,6-13H2,1-2H3/b15-5+. The molecule has 1 heteroatoms. The SMILES string of the molecule is C=C(CCCCCCCC)CC/C(Br)=C\C. The molecule has 94 valence electrons. The molecular weight excluding hydrogens is 260 g/mol. The second kappa shape index (κ2) is 11.4. The molecule has 0 rings (SSSR count). The number of hydrogen-bond donors (Lipinski definition) is 0. The quantitative estimate of drug-likeness (QED) is 0.323. The van der Waals surface area contributed by atoms with E-state index in [2.05, 4.69) is 42.4 Å². The number of halogens is 1. The second-order valence-electron chi connectivity index (χ2n) is 4.50. The zero-order chi connectivity index (χ0) is 12.2. The molecule has 0 unspecified atom stereocenters. The molecule has 0 heterocycles. The van der Waals surface area contributed by atoms with E-state index < -0.39 is 0 Å². The Kier molecular flexibility index (Phi) is 11.4. The largest absolute Gasteiger partial charge is 0.0998 e. The lowest BCUT2D eigenvalue weighted by atomic mass is 10.0. The molecule has 0 radical (unpaired) electrons. The maximum atomic E-state index is 4.15. The molecule has 0 aromatic rings. The van der Waals surface area contributed by atoms with Crippen molar-refractivity contribution in [2.75, 3.05) is 0 Å². The van der Waals surface area contributed by atoms with Crippen LogP contribution in [0.5, 0.6) is 0 Å². The molecule has 0 aromatic heterocycles. The van der Waals surface area contributed by atoms with Gasteiger partial charge in [-0.05, 0) is 37.1 Å². The fourth-order valence-electron chi connectivity index (χ4n) is 1.72. The van der Waals surface area contributed by atoms with Crippen molar-refractivity contribution < 1.29 is 0 Å². The highest BCUT2D eigenvalue weighted by atomic mass is 79.9. The van der Waals surface area contributed by atoms with Crippen molar-refractivity contribution >= 4 is 15.9 Å². The van der Waals surface area contributed by atoms with Gasteiger partial charge in [0.15, 0.2) is 0 Å². The molecule has 0 saturated heterocycles. The highest BCUT2D eigenvalue weighted by Crippen LogP contribution is 2.19. The molecule has 0 N–H and O–H groups in total. The molecule has 0 fully saturated rings. The lowest BCUT2D eigenvalue weighted by molar-refractivity contribution is 0.602. The Morgan fingerprint density at radius 2 is 1.62 bits per heavy atom. The number of rotatable bonds is 10. The van der Waals surface area contributed by atoms with Crippen LogP contribution >= 0.6 is 15.9 Å². The molecule has 0 nitrogen and oxygen atoms in total. The first-order valence-corrected chi connectivity index (χ1v) is 7.47. The van der Waals surface area contributed by atoms with Gasteiger partial charge in [-0.3, -0.25) is 0 Å². The van der Waals surface area contributed by atoms with Crippen molar-refractivity contribution in [2.24, 2.45) is 0 Å². The summed E-state index contributed by atoms with van der Waals surface area (Å²) in [5, 5.41) is 0. The van der Waals surface area contributed by atoms with Crippen LogP contribution in [0.2, 0.25) is 0 Å². The summed E-state index contributed by atoms with van der Waals surface area (Å²) in [6.07, 6.45) is 13.9. The van der Waals surface area contributed by atoms with Crippen molar-refractivity contribution in [2.45, 2.75) is 71.6 Å². The van der Waals surface area contributed by atoms with Gasteiger partial charge in [0.2, 0.25) is 0 Å². The van der Waals surface area contributed by atoms with Gasteiger partial charge in [0.1, 0.15) is 0 Å². The summed E-state index contributed by atoms with van der Waals surface area (Å²) < 4.78 is 1.30. The fraction of sp³-hybridized carbons (Fsp3) is 0.733. The summed E-state index contributed by atoms with van der Waals surface area (Å²) >= 11 is 3.54. The predicted octanol–water partition coefficient (Wildman–Crippen LogP) is 6.37. The number of allylic oxidation sites excluding steroid dienone is 3. The van der Waals surface area contributed by atoms with Crippen molar-refractivity contribution in [3.8, 4) is 0 Å². The van der Waals surface area contributed by atoms with Crippen LogP contribution in [-0.4, -0.2) is 0 Å². The van der Waals surface area contributed by atoms with E-state index in [1.807, 2.05) is 0 Å². The molecule has 0 aliphatic carbocycles. The van der Waals surface area contributed by atoms with Gasteiger partial charge in [0, 0.05) is 0 Å². The van der Waals surface area contributed by atoms with Crippen molar-refractivity contribution in [3.05, 3.63) is 22.7 Å². The van der Waals surface area contributed by atoms with Gasteiger partial charge in [-0.1, -0.05) is 73.2 Å². The molecule has 0 aliphatic rings. The Balaban J connectivity index is 3.30. The Hall–Kier alpha value is -0.0400. The Morgan fingerprint density at radius 1 is 1.00 bits per heavy atom. The van der Waals surface area contributed by atoms with Crippen molar-refractivity contribution in [1.29, 1.82) is 0 Å². The van der Waals surface area contributed by atoms with Gasteiger partial charge in [-0.2, -0.15) is 0 Å². The summed E-state index contributed by atoms with van der Waals surface area (Å²) in [5.41, 5.74) is 1.41. The first-order valence-electron chi connectivity index (χ1n) is 6.68. The Bertz CT molecular complexity index is 203. The molecule has 0 aliphatic heterocycles. The van der Waals surface area contributed by atoms with E-state index in [1.54, 1.807) is 0 Å². The molecule has 0 bridgehead atoms. The molecule has 0 atom stereocenters. The maximum Gasteiger partial charge on any atom is -0.00888 e. The van der Waals surface area contributed by atoms with Gasteiger partial charge < -0.3 is 0 Å². The second-order valence-corrected chi connectivity index (χ2v) is 5.52. The minimum atomic E-state index is 1.12. The van der Waals surface area contributed by atoms with Crippen LogP contribution in [0.3, 0.4) is 0 Å². The average Bonchev–Trinajstić information content (AvgIpc) is 2.30. The van der Waals surface area contributed by atoms with E-state index in [9.17, 15) is 0 Å². The first-order chi connectivity index (χ1) is 7.70. The third-order valence-corrected chi connectivity index (χ3v) is 3.77. The lowest BCUT2D eigenvalue weighted by Gasteiger charge is -2.05. The van der Waals surface area contributed by atoms with Crippen LogP contribution in [0.25, 0.3) is 0 Å². The summed E-state index contributed by atoms with van der Waals surface area (Å²) in [5.74, 6) is 0. The zero-order valence-corrected chi connectivity index (χ0v) is 12.6. The summed E-state index contributed by atoms with van der Waals surface area (Å²) in [6.45, 7) is 8.48. The highest BCUT2D eigenvalue weighted by molar-refractivity contribution is 9.11.